The normalized spacial score (nSPS) is 10.3. The van der Waals surface area contributed by atoms with Gasteiger partial charge in [0.15, 0.2) is 0 Å². The number of amides is 2. The van der Waals surface area contributed by atoms with Gasteiger partial charge in [-0.1, -0.05) is 17.7 Å². The lowest BCUT2D eigenvalue weighted by Gasteiger charge is -2.21. The number of carbonyl (C=O) groups is 2. The molecule has 0 aliphatic heterocycles. The van der Waals surface area contributed by atoms with E-state index in [0.717, 1.165) is 17.0 Å². The molecule has 7 heteroatoms. The van der Waals surface area contributed by atoms with Crippen LogP contribution in [-0.4, -0.2) is 18.4 Å². The summed E-state index contributed by atoms with van der Waals surface area (Å²) in [5.74, 6) is -2.05. The summed E-state index contributed by atoms with van der Waals surface area (Å²) >= 11 is 5.69. The van der Waals surface area contributed by atoms with Crippen LogP contribution < -0.4 is 10.2 Å². The van der Waals surface area contributed by atoms with Crippen molar-refractivity contribution in [1.82, 2.24) is 0 Å². The first-order chi connectivity index (χ1) is 10.9. The Hall–Kier alpha value is -2.47. The highest BCUT2D eigenvalue weighted by Crippen LogP contribution is 2.23. The molecule has 0 aliphatic carbocycles. The van der Waals surface area contributed by atoms with Crippen LogP contribution in [0.1, 0.15) is 6.92 Å². The Labute approximate surface area is 136 Å². The molecule has 0 saturated heterocycles. The van der Waals surface area contributed by atoms with Crippen molar-refractivity contribution in [3.63, 3.8) is 0 Å². The fourth-order valence-corrected chi connectivity index (χ4v) is 2.12. The molecule has 0 aromatic heterocycles. The van der Waals surface area contributed by atoms with Crippen LogP contribution in [0.25, 0.3) is 0 Å². The Bertz CT molecular complexity index is 753. The number of hydrogen-bond acceptors (Lipinski definition) is 2. The molecule has 2 aromatic carbocycles. The predicted molar refractivity (Wildman–Crippen MR) is 84.5 cm³/mol. The summed E-state index contributed by atoms with van der Waals surface area (Å²) in [6.45, 7) is 0.959. The van der Waals surface area contributed by atoms with Crippen LogP contribution in [-0.2, 0) is 9.59 Å². The van der Waals surface area contributed by atoms with E-state index in [1.807, 2.05) is 0 Å². The maximum absolute atomic E-state index is 13.2. The lowest BCUT2D eigenvalue weighted by molar-refractivity contribution is -0.120. The van der Waals surface area contributed by atoms with Gasteiger partial charge in [0.25, 0.3) is 0 Å². The zero-order valence-electron chi connectivity index (χ0n) is 12.1. The van der Waals surface area contributed by atoms with Gasteiger partial charge in [-0.2, -0.15) is 0 Å². The lowest BCUT2D eigenvalue weighted by atomic mass is 10.2. The van der Waals surface area contributed by atoms with E-state index in [0.29, 0.717) is 5.69 Å². The zero-order chi connectivity index (χ0) is 17.0. The number of carbonyl (C=O) groups excluding carboxylic acids is 2. The number of halogens is 3. The fraction of sp³-hybridized carbons (Fsp3) is 0.125. The summed E-state index contributed by atoms with van der Waals surface area (Å²) in [4.78, 5) is 24.9. The molecule has 0 saturated carbocycles. The largest absolute Gasteiger partial charge is 0.324 e. The Kier molecular flexibility index (Phi) is 5.28. The monoisotopic (exact) mass is 338 g/mol. The van der Waals surface area contributed by atoms with Gasteiger partial charge in [-0.3, -0.25) is 9.59 Å². The summed E-state index contributed by atoms with van der Waals surface area (Å²) in [5.41, 5.74) is 0.564. The first kappa shape index (κ1) is 16.9. The highest BCUT2D eigenvalue weighted by Gasteiger charge is 2.17. The van der Waals surface area contributed by atoms with E-state index in [1.54, 1.807) is 0 Å². The van der Waals surface area contributed by atoms with Crippen LogP contribution in [0.2, 0.25) is 5.02 Å². The smallest absolute Gasteiger partial charge is 0.244 e. The Balaban J connectivity index is 2.14. The first-order valence-electron chi connectivity index (χ1n) is 6.65. The molecule has 0 bridgehead atoms. The summed E-state index contributed by atoms with van der Waals surface area (Å²) in [6.07, 6.45) is 0. The number of nitrogens with zero attached hydrogens (tertiary/aromatic N) is 1. The van der Waals surface area contributed by atoms with E-state index >= 15 is 0 Å². The molecular formula is C16H13ClF2N2O2. The molecule has 2 aromatic rings. The molecule has 23 heavy (non-hydrogen) atoms. The third-order valence-electron chi connectivity index (χ3n) is 3.01. The Morgan fingerprint density at radius 2 is 1.91 bits per heavy atom. The van der Waals surface area contributed by atoms with Crippen LogP contribution in [0, 0.1) is 11.6 Å². The van der Waals surface area contributed by atoms with Crippen LogP contribution in [0.4, 0.5) is 20.2 Å². The second-order valence-electron chi connectivity index (χ2n) is 4.76. The van der Waals surface area contributed by atoms with Gasteiger partial charge in [0.2, 0.25) is 11.8 Å². The molecule has 0 aliphatic rings. The molecule has 0 heterocycles. The quantitative estimate of drug-likeness (QED) is 0.925. The van der Waals surface area contributed by atoms with Crippen molar-refractivity contribution in [2.75, 3.05) is 16.8 Å². The van der Waals surface area contributed by atoms with Gasteiger partial charge < -0.3 is 10.2 Å². The van der Waals surface area contributed by atoms with Crippen LogP contribution in [0.15, 0.2) is 42.5 Å². The van der Waals surface area contributed by atoms with Crippen LogP contribution in [0.3, 0.4) is 0 Å². The van der Waals surface area contributed by atoms with E-state index in [2.05, 4.69) is 5.32 Å². The number of hydrogen-bond donors (Lipinski definition) is 1. The molecule has 2 amide bonds. The number of nitrogens with one attached hydrogen (secondary N) is 1. The Morgan fingerprint density at radius 3 is 2.52 bits per heavy atom. The van der Waals surface area contributed by atoms with E-state index in [9.17, 15) is 18.4 Å². The van der Waals surface area contributed by atoms with Crippen molar-refractivity contribution >= 4 is 34.8 Å². The maximum atomic E-state index is 13.2. The van der Waals surface area contributed by atoms with Gasteiger partial charge in [0.1, 0.15) is 18.2 Å². The van der Waals surface area contributed by atoms with E-state index in [-0.39, 0.29) is 17.3 Å². The summed E-state index contributed by atoms with van der Waals surface area (Å²) in [6, 6.07) is 9.09. The predicted octanol–water partition coefficient (Wildman–Crippen LogP) is 3.61. The van der Waals surface area contributed by atoms with Crippen molar-refractivity contribution < 1.29 is 18.4 Å². The SMILES string of the molecule is CC(=O)N(CC(=O)Nc1cccc(F)c1)c1ccc(F)c(Cl)c1. The van der Waals surface area contributed by atoms with Gasteiger partial charge in [0, 0.05) is 18.3 Å². The molecule has 1 N–H and O–H groups in total. The third-order valence-corrected chi connectivity index (χ3v) is 3.29. The minimum absolute atomic E-state index is 0.153. The van der Waals surface area contributed by atoms with E-state index in [1.165, 1.54) is 37.3 Å². The van der Waals surface area contributed by atoms with Crippen LogP contribution >= 0.6 is 11.6 Å². The van der Waals surface area contributed by atoms with Crippen LogP contribution in [0.5, 0.6) is 0 Å². The summed E-state index contributed by atoms with van der Waals surface area (Å²) in [5, 5.41) is 2.33. The average molecular weight is 339 g/mol. The molecule has 0 spiro atoms. The van der Waals surface area contributed by atoms with E-state index in [4.69, 9.17) is 11.6 Å². The van der Waals surface area contributed by atoms with Crippen molar-refractivity contribution in [2.45, 2.75) is 6.92 Å². The highest BCUT2D eigenvalue weighted by atomic mass is 35.5. The highest BCUT2D eigenvalue weighted by molar-refractivity contribution is 6.31. The number of anilines is 2. The maximum Gasteiger partial charge on any atom is 0.244 e. The molecule has 120 valence electrons. The molecule has 2 rings (SSSR count). The third kappa shape index (κ3) is 4.50. The molecule has 0 atom stereocenters. The van der Waals surface area contributed by atoms with Crippen molar-refractivity contribution in [1.29, 1.82) is 0 Å². The van der Waals surface area contributed by atoms with E-state index < -0.39 is 23.4 Å². The second-order valence-corrected chi connectivity index (χ2v) is 5.17. The molecular weight excluding hydrogens is 326 g/mol. The molecule has 0 fully saturated rings. The molecule has 4 nitrogen and oxygen atoms in total. The minimum Gasteiger partial charge on any atom is -0.324 e. The number of benzene rings is 2. The molecule has 0 unspecified atom stereocenters. The Morgan fingerprint density at radius 1 is 1.17 bits per heavy atom. The standard InChI is InChI=1S/C16H13ClF2N2O2/c1-10(22)21(13-5-6-15(19)14(17)8-13)9-16(23)20-12-4-2-3-11(18)7-12/h2-8H,9H2,1H3,(H,20,23). The zero-order valence-corrected chi connectivity index (χ0v) is 12.9. The van der Waals surface area contributed by atoms with Crippen molar-refractivity contribution in [3.8, 4) is 0 Å². The lowest BCUT2D eigenvalue weighted by Crippen LogP contribution is -2.36. The summed E-state index contributed by atoms with van der Waals surface area (Å²) < 4.78 is 26.3. The van der Waals surface area contributed by atoms with Gasteiger partial charge in [0.05, 0.1) is 5.02 Å². The second kappa shape index (κ2) is 7.19. The molecule has 0 radical (unpaired) electrons. The van der Waals surface area contributed by atoms with Gasteiger partial charge in [-0.25, -0.2) is 8.78 Å². The van der Waals surface area contributed by atoms with Gasteiger partial charge >= 0.3 is 0 Å². The minimum atomic E-state index is -0.622. The average Bonchev–Trinajstić information content (AvgIpc) is 2.47. The fourth-order valence-electron chi connectivity index (χ4n) is 1.95. The summed E-state index contributed by atoms with van der Waals surface area (Å²) in [7, 11) is 0. The van der Waals surface area contributed by atoms with Crippen molar-refractivity contribution in [3.05, 3.63) is 59.1 Å². The van der Waals surface area contributed by atoms with Gasteiger partial charge in [-0.05, 0) is 36.4 Å². The topological polar surface area (TPSA) is 49.4 Å². The van der Waals surface area contributed by atoms with Gasteiger partial charge in [-0.15, -0.1) is 0 Å². The van der Waals surface area contributed by atoms with Crippen molar-refractivity contribution in [2.24, 2.45) is 0 Å². The number of rotatable bonds is 4. The first-order valence-corrected chi connectivity index (χ1v) is 7.03.